The molecular formula is C25H32N4O4. The summed E-state index contributed by atoms with van der Waals surface area (Å²) in [6.45, 7) is 7.80. The number of benzene rings is 2. The van der Waals surface area contributed by atoms with E-state index in [4.69, 9.17) is 20.9 Å². The van der Waals surface area contributed by atoms with E-state index in [1.54, 1.807) is 0 Å². The minimum absolute atomic E-state index is 0.0263. The number of nitrogens with two attached hydrogens (primary N) is 2. The van der Waals surface area contributed by atoms with Crippen molar-refractivity contribution in [3.63, 3.8) is 0 Å². The van der Waals surface area contributed by atoms with Crippen LogP contribution in [-0.2, 0) is 11.8 Å². The summed E-state index contributed by atoms with van der Waals surface area (Å²) in [5.41, 5.74) is 20.4. The zero-order valence-electron chi connectivity index (χ0n) is 19.7. The predicted molar refractivity (Wildman–Crippen MR) is 131 cm³/mol. The average molecular weight is 453 g/mol. The van der Waals surface area contributed by atoms with E-state index in [-0.39, 0.29) is 13.2 Å². The lowest BCUT2D eigenvalue weighted by Crippen LogP contribution is -2.28. The summed E-state index contributed by atoms with van der Waals surface area (Å²) in [7, 11) is 1.96. The van der Waals surface area contributed by atoms with Crippen LogP contribution in [0.4, 0.5) is 11.4 Å². The predicted octanol–water partition coefficient (Wildman–Crippen LogP) is 3.51. The number of aromatic amines is 1. The lowest BCUT2D eigenvalue weighted by atomic mass is 10.0. The van der Waals surface area contributed by atoms with Crippen molar-refractivity contribution in [3.8, 4) is 5.75 Å². The molecule has 0 saturated carbocycles. The first-order valence-corrected chi connectivity index (χ1v) is 11.0. The smallest absolute Gasteiger partial charge is 0.196 e. The van der Waals surface area contributed by atoms with Crippen molar-refractivity contribution in [2.24, 2.45) is 7.05 Å². The maximum absolute atomic E-state index is 11.0. The van der Waals surface area contributed by atoms with Crippen molar-refractivity contribution in [1.29, 1.82) is 0 Å². The van der Waals surface area contributed by atoms with Gasteiger partial charge in [0.05, 0.1) is 24.2 Å². The number of aromatic nitrogens is 2. The van der Waals surface area contributed by atoms with Gasteiger partial charge >= 0.3 is 0 Å². The maximum Gasteiger partial charge on any atom is 0.196 e. The van der Waals surface area contributed by atoms with Gasteiger partial charge in [-0.05, 0) is 57.0 Å². The number of nitrogens with one attached hydrogen (secondary N) is 1. The fourth-order valence-corrected chi connectivity index (χ4v) is 4.56. The Morgan fingerprint density at radius 2 is 1.67 bits per heavy atom. The highest BCUT2D eigenvalue weighted by atomic mass is 16.6. The van der Waals surface area contributed by atoms with Crippen LogP contribution in [-0.4, -0.2) is 39.3 Å². The molecule has 0 aliphatic heterocycles. The van der Waals surface area contributed by atoms with Crippen LogP contribution in [0.5, 0.6) is 5.75 Å². The molecule has 0 radical (unpaired) electrons. The summed E-state index contributed by atoms with van der Waals surface area (Å²) >= 11 is 0. The number of aliphatic hydroxyl groups is 2. The number of fused-ring (bicyclic) bond motifs is 2. The van der Waals surface area contributed by atoms with E-state index in [2.05, 4.69) is 4.98 Å². The molecule has 8 heteroatoms. The van der Waals surface area contributed by atoms with Crippen LogP contribution >= 0.6 is 0 Å². The Labute approximate surface area is 192 Å². The minimum Gasteiger partial charge on any atom is -0.478 e. The van der Waals surface area contributed by atoms with Gasteiger partial charge < -0.3 is 40.7 Å². The number of hydrogen-bond acceptors (Lipinski definition) is 6. The SMILES string of the molecule is Cc1[nH]c2c(C(Oc3ccc(N)c4c(C)c(C)n(C)c34)C(O)OCCO)ccc(N)c2c1C. The fraction of sp³-hybridized carbons (Fsp3) is 0.360. The second-order valence-electron chi connectivity index (χ2n) is 8.54. The van der Waals surface area contributed by atoms with Crippen LogP contribution in [0.3, 0.4) is 0 Å². The summed E-state index contributed by atoms with van der Waals surface area (Å²) in [6.07, 6.45) is -2.22. The molecule has 8 nitrogen and oxygen atoms in total. The number of ether oxygens (including phenoxy) is 2. The van der Waals surface area contributed by atoms with Crippen molar-refractivity contribution in [1.82, 2.24) is 9.55 Å². The maximum atomic E-state index is 11.0. The van der Waals surface area contributed by atoms with E-state index < -0.39 is 12.4 Å². The van der Waals surface area contributed by atoms with Crippen molar-refractivity contribution in [2.75, 3.05) is 24.7 Å². The summed E-state index contributed by atoms with van der Waals surface area (Å²) < 4.78 is 14.0. The topological polar surface area (TPSA) is 132 Å². The number of nitrogens with zero attached hydrogens (tertiary/aromatic N) is 1. The number of aliphatic hydroxyl groups excluding tert-OH is 2. The van der Waals surface area contributed by atoms with Gasteiger partial charge in [0.15, 0.2) is 12.4 Å². The molecule has 0 aliphatic carbocycles. The van der Waals surface area contributed by atoms with Gasteiger partial charge in [0, 0.05) is 46.1 Å². The molecule has 7 N–H and O–H groups in total. The van der Waals surface area contributed by atoms with Crippen LogP contribution < -0.4 is 16.2 Å². The Balaban J connectivity index is 1.91. The third-order valence-corrected chi connectivity index (χ3v) is 6.65. The molecule has 2 unspecified atom stereocenters. The lowest BCUT2D eigenvalue weighted by molar-refractivity contribution is -0.159. The first kappa shape index (κ1) is 23.0. The van der Waals surface area contributed by atoms with Gasteiger partial charge in [-0.25, -0.2) is 0 Å². The van der Waals surface area contributed by atoms with Gasteiger partial charge in [0.1, 0.15) is 5.75 Å². The number of rotatable bonds is 7. The highest BCUT2D eigenvalue weighted by Gasteiger charge is 2.29. The van der Waals surface area contributed by atoms with Crippen molar-refractivity contribution in [3.05, 3.63) is 52.3 Å². The first-order valence-electron chi connectivity index (χ1n) is 11.0. The summed E-state index contributed by atoms with van der Waals surface area (Å²) in [5.74, 6) is 0.569. The molecule has 0 bridgehead atoms. The molecule has 0 amide bonds. The molecule has 2 heterocycles. The largest absolute Gasteiger partial charge is 0.478 e. The lowest BCUT2D eigenvalue weighted by Gasteiger charge is -2.26. The van der Waals surface area contributed by atoms with Gasteiger partial charge in [-0.3, -0.25) is 0 Å². The third kappa shape index (κ3) is 3.70. The van der Waals surface area contributed by atoms with Gasteiger partial charge in [0.2, 0.25) is 0 Å². The molecule has 0 spiro atoms. The highest BCUT2D eigenvalue weighted by molar-refractivity contribution is 5.99. The molecule has 2 aromatic heterocycles. The molecule has 4 rings (SSSR count). The number of aryl methyl sites for hydroxylation is 4. The van der Waals surface area contributed by atoms with Crippen molar-refractivity contribution >= 4 is 33.2 Å². The second kappa shape index (κ2) is 8.62. The van der Waals surface area contributed by atoms with Gasteiger partial charge in [-0.2, -0.15) is 0 Å². The third-order valence-electron chi connectivity index (χ3n) is 6.65. The minimum atomic E-state index is -1.33. The Kier molecular flexibility index (Phi) is 6.00. The van der Waals surface area contributed by atoms with E-state index in [1.807, 2.05) is 63.6 Å². The number of nitrogen functional groups attached to an aromatic ring is 2. The fourth-order valence-electron chi connectivity index (χ4n) is 4.56. The van der Waals surface area contributed by atoms with Gasteiger partial charge in [-0.15, -0.1) is 0 Å². The zero-order valence-corrected chi connectivity index (χ0v) is 19.7. The average Bonchev–Trinajstić information content (AvgIpc) is 3.22. The van der Waals surface area contributed by atoms with Gasteiger partial charge in [0.25, 0.3) is 0 Å². The molecule has 2 aromatic carbocycles. The van der Waals surface area contributed by atoms with Crippen LogP contribution in [0.2, 0.25) is 0 Å². The first-order chi connectivity index (χ1) is 15.7. The Hall–Kier alpha value is -3.20. The van der Waals surface area contributed by atoms with E-state index in [9.17, 15) is 10.2 Å². The molecule has 0 aliphatic rings. The Morgan fingerprint density at radius 3 is 2.36 bits per heavy atom. The van der Waals surface area contributed by atoms with Crippen molar-refractivity contribution < 1.29 is 19.7 Å². The standard InChI is InChI=1S/C25H32N4O4/c1-12-14(3)28-22-16(6-7-17(26)20(12)22)24(25(31)32-11-10-30)33-19-9-8-18(27)21-13(2)15(4)29(5)23(19)21/h6-9,24-25,28,30-31H,10-11,26-27H2,1-5H3. The number of hydrogen-bond donors (Lipinski definition) is 5. The monoisotopic (exact) mass is 452 g/mol. The van der Waals surface area contributed by atoms with E-state index in [0.29, 0.717) is 22.7 Å². The molecule has 176 valence electrons. The zero-order chi connectivity index (χ0) is 24.0. The molecule has 33 heavy (non-hydrogen) atoms. The van der Waals surface area contributed by atoms with E-state index >= 15 is 0 Å². The van der Waals surface area contributed by atoms with Crippen LogP contribution in [0.15, 0.2) is 24.3 Å². The second-order valence-corrected chi connectivity index (χ2v) is 8.54. The van der Waals surface area contributed by atoms with Crippen LogP contribution in [0.25, 0.3) is 21.8 Å². The highest BCUT2D eigenvalue weighted by Crippen LogP contribution is 2.40. The Morgan fingerprint density at radius 1 is 1.00 bits per heavy atom. The van der Waals surface area contributed by atoms with E-state index in [0.717, 1.165) is 44.3 Å². The summed E-state index contributed by atoms with van der Waals surface area (Å²) in [6, 6.07) is 7.26. The Bertz CT molecular complexity index is 1340. The molecule has 4 aromatic rings. The van der Waals surface area contributed by atoms with Crippen molar-refractivity contribution in [2.45, 2.75) is 40.1 Å². The quantitative estimate of drug-likeness (QED) is 0.215. The van der Waals surface area contributed by atoms with Crippen LogP contribution in [0, 0.1) is 27.7 Å². The number of H-pyrrole nitrogens is 1. The number of anilines is 2. The summed E-state index contributed by atoms with van der Waals surface area (Å²) in [5, 5.41) is 22.0. The van der Waals surface area contributed by atoms with Gasteiger partial charge in [-0.1, -0.05) is 6.07 Å². The summed E-state index contributed by atoms with van der Waals surface area (Å²) in [4.78, 5) is 3.38. The molecule has 0 saturated heterocycles. The normalized spacial score (nSPS) is 13.7. The van der Waals surface area contributed by atoms with E-state index in [1.165, 1.54) is 0 Å². The molecule has 0 fully saturated rings. The molecule has 2 atom stereocenters. The van der Waals surface area contributed by atoms with Crippen LogP contribution in [0.1, 0.15) is 34.2 Å². The molecular weight excluding hydrogens is 420 g/mol.